The van der Waals surface area contributed by atoms with Crippen LogP contribution in [-0.4, -0.2) is 76.7 Å². The first-order valence-corrected chi connectivity index (χ1v) is 14.0. The van der Waals surface area contributed by atoms with Crippen LogP contribution in [0.3, 0.4) is 0 Å². The number of likely N-dealkylation sites (tertiary alicyclic amines) is 1. The van der Waals surface area contributed by atoms with Crippen LogP contribution >= 0.6 is 34.9 Å². The molecule has 0 saturated carbocycles. The molecule has 3 heterocycles. The molecule has 2 fully saturated rings. The summed E-state index contributed by atoms with van der Waals surface area (Å²) in [5, 5.41) is 2.11. The van der Waals surface area contributed by atoms with Crippen molar-refractivity contribution >= 4 is 52.6 Å². The molecule has 1 unspecified atom stereocenters. The van der Waals surface area contributed by atoms with Crippen LogP contribution < -0.4 is 0 Å². The van der Waals surface area contributed by atoms with E-state index in [1.54, 1.807) is 22.0 Å². The number of methoxy groups -OCH3 is 1. The Hall–Kier alpha value is -2.04. The van der Waals surface area contributed by atoms with Crippen molar-refractivity contribution in [2.45, 2.75) is 35.4 Å². The summed E-state index contributed by atoms with van der Waals surface area (Å²) in [6, 6.07) is 8.15. The number of nitrogens with zero attached hydrogens (tertiary/aromatic N) is 3. The lowest BCUT2D eigenvalue weighted by Crippen LogP contribution is -2.40. The number of carbonyl (C=O) groups excluding carboxylic acids is 3. The minimum Gasteiger partial charge on any atom is -0.467 e. The number of carbonyl (C=O) groups is 3. The highest BCUT2D eigenvalue weighted by Gasteiger charge is 2.37. The number of thioether (sulfide) groups is 2. The van der Waals surface area contributed by atoms with Gasteiger partial charge in [0.1, 0.15) is 5.69 Å². The number of aromatic nitrogens is 1. The van der Waals surface area contributed by atoms with Gasteiger partial charge in [-0.3, -0.25) is 9.59 Å². The topological polar surface area (TPSA) is 79.8 Å². The normalized spacial score (nSPS) is 19.0. The molecule has 0 radical (unpaired) electrons. The monoisotopic (exact) mass is 505 g/mol. The van der Waals surface area contributed by atoms with Gasteiger partial charge in [-0.25, -0.2) is 9.78 Å². The number of hydrogen-bond acceptors (Lipinski definition) is 8. The number of esters is 1. The third-order valence-electron chi connectivity index (χ3n) is 6.01. The van der Waals surface area contributed by atoms with E-state index in [2.05, 4.69) is 17.1 Å². The molecule has 0 N–H and O–H groups in total. The van der Waals surface area contributed by atoms with Crippen molar-refractivity contribution in [3.05, 3.63) is 45.9 Å². The first kappa shape index (κ1) is 24.1. The lowest BCUT2D eigenvalue weighted by Gasteiger charge is -2.31. The van der Waals surface area contributed by atoms with Gasteiger partial charge in [0.25, 0.3) is 5.91 Å². The largest absolute Gasteiger partial charge is 0.467 e. The molecule has 0 aliphatic carbocycles. The molecule has 4 rings (SSSR count). The predicted molar refractivity (Wildman–Crippen MR) is 132 cm³/mol. The zero-order valence-electron chi connectivity index (χ0n) is 18.7. The van der Waals surface area contributed by atoms with Crippen LogP contribution in [0.15, 0.2) is 34.5 Å². The van der Waals surface area contributed by atoms with Crippen LogP contribution in [0.1, 0.15) is 39.8 Å². The van der Waals surface area contributed by atoms with Crippen molar-refractivity contribution in [1.29, 1.82) is 0 Å². The van der Waals surface area contributed by atoms with Crippen LogP contribution in [0.5, 0.6) is 0 Å². The molecule has 2 amide bonds. The molecule has 0 spiro atoms. The number of rotatable bonds is 6. The second kappa shape index (κ2) is 10.9. The van der Waals surface area contributed by atoms with Crippen LogP contribution in [0.25, 0.3) is 0 Å². The summed E-state index contributed by atoms with van der Waals surface area (Å²) in [7, 11) is 1.34. The molecule has 1 aromatic carbocycles. The van der Waals surface area contributed by atoms with Crippen LogP contribution in [0.4, 0.5) is 0 Å². The number of thiazole rings is 1. The van der Waals surface area contributed by atoms with Crippen molar-refractivity contribution in [3.63, 3.8) is 0 Å². The maximum absolute atomic E-state index is 12.9. The molecule has 0 bridgehead atoms. The van der Waals surface area contributed by atoms with Crippen LogP contribution in [0.2, 0.25) is 0 Å². The molecule has 176 valence electrons. The Morgan fingerprint density at radius 1 is 1.15 bits per heavy atom. The standard InChI is InChI=1S/C23H27N3O4S3/c1-30-23(29)22-26(11-12-32-22)21(28)18-14-33-20(24-18)16-7-9-25(10-8-16)19(27)13-15-3-5-17(31-2)6-4-15/h3-6,14,16,22H,7-13H2,1-2H3. The summed E-state index contributed by atoms with van der Waals surface area (Å²) >= 11 is 4.59. The Balaban J connectivity index is 1.31. The van der Waals surface area contributed by atoms with Crippen molar-refractivity contribution in [2.24, 2.45) is 0 Å². The molecule has 33 heavy (non-hydrogen) atoms. The molecule has 2 aliphatic rings. The molecule has 2 saturated heterocycles. The maximum atomic E-state index is 12.9. The lowest BCUT2D eigenvalue weighted by molar-refractivity contribution is -0.142. The third kappa shape index (κ3) is 5.55. The van der Waals surface area contributed by atoms with Crippen molar-refractivity contribution in [1.82, 2.24) is 14.8 Å². The van der Waals surface area contributed by atoms with E-state index in [4.69, 9.17) is 4.74 Å². The Morgan fingerprint density at radius 2 is 1.88 bits per heavy atom. The van der Waals surface area contributed by atoms with Crippen molar-refractivity contribution < 1.29 is 19.1 Å². The Labute approximate surface area is 206 Å². The summed E-state index contributed by atoms with van der Waals surface area (Å²) < 4.78 is 4.82. The molecule has 1 aromatic heterocycles. The summed E-state index contributed by atoms with van der Waals surface area (Å²) in [4.78, 5) is 46.9. The van der Waals surface area contributed by atoms with Gasteiger partial charge in [-0.2, -0.15) is 0 Å². The SMILES string of the molecule is COC(=O)C1SCCN1C(=O)c1csc(C2CCN(C(=O)Cc3ccc(SC)cc3)CC2)n1. The van der Waals surface area contributed by atoms with E-state index in [1.807, 2.05) is 23.3 Å². The highest BCUT2D eigenvalue weighted by Crippen LogP contribution is 2.32. The smallest absolute Gasteiger partial charge is 0.339 e. The van der Waals surface area contributed by atoms with Gasteiger partial charge in [0.05, 0.1) is 18.5 Å². The molecular weight excluding hydrogens is 478 g/mol. The Bertz CT molecular complexity index is 1000. The van der Waals surface area contributed by atoms with Crippen LogP contribution in [0, 0.1) is 0 Å². The first-order valence-electron chi connectivity index (χ1n) is 10.9. The second-order valence-corrected chi connectivity index (χ2v) is 11.0. The number of piperidine rings is 1. The minimum atomic E-state index is -0.598. The minimum absolute atomic E-state index is 0.153. The summed E-state index contributed by atoms with van der Waals surface area (Å²) in [6.07, 6.45) is 4.13. The summed E-state index contributed by atoms with van der Waals surface area (Å²) in [5.74, 6) is 0.472. The van der Waals surface area contributed by atoms with Gasteiger partial charge in [0, 0.05) is 41.6 Å². The molecular formula is C23H27N3O4S3. The van der Waals surface area contributed by atoms with Gasteiger partial charge in [-0.1, -0.05) is 12.1 Å². The fourth-order valence-electron chi connectivity index (χ4n) is 4.10. The lowest BCUT2D eigenvalue weighted by atomic mass is 9.97. The number of ether oxygens (including phenoxy) is 1. The van der Waals surface area contributed by atoms with E-state index in [-0.39, 0.29) is 17.7 Å². The van der Waals surface area contributed by atoms with E-state index >= 15 is 0 Å². The predicted octanol–water partition coefficient (Wildman–Crippen LogP) is 3.50. The average Bonchev–Trinajstić information content (AvgIpc) is 3.54. The second-order valence-electron chi connectivity index (χ2n) is 8.00. The van der Waals surface area contributed by atoms with Crippen LogP contribution in [-0.2, 0) is 20.7 Å². The number of amides is 2. The number of hydrogen-bond donors (Lipinski definition) is 0. The van der Waals surface area contributed by atoms with Gasteiger partial charge in [-0.15, -0.1) is 34.9 Å². The average molecular weight is 506 g/mol. The fourth-order valence-corrected chi connectivity index (χ4v) is 6.61. The zero-order valence-corrected chi connectivity index (χ0v) is 21.1. The third-order valence-corrected chi connectivity index (χ3v) is 8.94. The van der Waals surface area contributed by atoms with E-state index in [9.17, 15) is 14.4 Å². The maximum Gasteiger partial charge on any atom is 0.339 e. The van der Waals surface area contributed by atoms with E-state index in [0.717, 1.165) is 23.4 Å². The van der Waals surface area contributed by atoms with E-state index in [0.29, 0.717) is 37.5 Å². The van der Waals surface area contributed by atoms with Gasteiger partial charge in [0.15, 0.2) is 5.37 Å². The van der Waals surface area contributed by atoms with Gasteiger partial charge in [-0.05, 0) is 36.8 Å². The zero-order chi connectivity index (χ0) is 23.4. The molecule has 10 heteroatoms. The quantitative estimate of drug-likeness (QED) is 0.439. The first-order chi connectivity index (χ1) is 16.0. The summed E-state index contributed by atoms with van der Waals surface area (Å²) in [6.45, 7) is 1.90. The van der Waals surface area contributed by atoms with E-state index < -0.39 is 11.3 Å². The highest BCUT2D eigenvalue weighted by atomic mass is 32.2. The Kier molecular flexibility index (Phi) is 7.98. The highest BCUT2D eigenvalue weighted by molar-refractivity contribution is 8.00. The van der Waals surface area contributed by atoms with Gasteiger partial charge in [0.2, 0.25) is 5.91 Å². The van der Waals surface area contributed by atoms with E-state index in [1.165, 1.54) is 35.1 Å². The fraction of sp³-hybridized carbons (Fsp3) is 0.478. The van der Waals surface area contributed by atoms with Gasteiger partial charge >= 0.3 is 5.97 Å². The Morgan fingerprint density at radius 3 is 2.55 bits per heavy atom. The van der Waals surface area contributed by atoms with Crippen molar-refractivity contribution in [3.8, 4) is 0 Å². The van der Waals surface area contributed by atoms with Crippen molar-refractivity contribution in [2.75, 3.05) is 38.8 Å². The number of benzene rings is 1. The molecule has 2 aromatic rings. The summed E-state index contributed by atoms with van der Waals surface area (Å²) in [5.41, 5.74) is 1.42. The van der Waals surface area contributed by atoms with Gasteiger partial charge < -0.3 is 14.5 Å². The molecule has 1 atom stereocenters. The molecule has 2 aliphatic heterocycles. The molecule has 7 nitrogen and oxygen atoms in total.